The molecule has 0 bridgehead atoms. The molecular formula is C12H13FO4S. The number of carbonyl (C=O) groups excluding carboxylic acids is 2. The largest absolute Gasteiger partial charge is 0.468 e. The summed E-state index contributed by atoms with van der Waals surface area (Å²) in [5.41, 5.74) is 0.591. The molecule has 1 aromatic carbocycles. The van der Waals surface area contributed by atoms with Crippen molar-refractivity contribution in [2.45, 2.75) is 5.75 Å². The Labute approximate surface area is 108 Å². The molecule has 98 valence electrons. The van der Waals surface area contributed by atoms with E-state index in [1.807, 2.05) is 0 Å². The average Bonchev–Trinajstić information content (AvgIpc) is 2.37. The van der Waals surface area contributed by atoms with Crippen molar-refractivity contribution in [2.24, 2.45) is 0 Å². The number of methoxy groups -OCH3 is 2. The van der Waals surface area contributed by atoms with Gasteiger partial charge in [-0.2, -0.15) is 0 Å². The number of hydrogen-bond acceptors (Lipinski definition) is 5. The van der Waals surface area contributed by atoms with E-state index in [-0.39, 0.29) is 17.3 Å². The van der Waals surface area contributed by atoms with Crippen molar-refractivity contribution in [3.05, 3.63) is 35.1 Å². The Bertz CT molecular complexity index is 448. The van der Waals surface area contributed by atoms with E-state index in [0.29, 0.717) is 11.3 Å². The van der Waals surface area contributed by atoms with E-state index < -0.39 is 11.8 Å². The molecule has 6 heteroatoms. The lowest BCUT2D eigenvalue weighted by Crippen LogP contribution is -2.05. The van der Waals surface area contributed by atoms with Crippen molar-refractivity contribution in [3.8, 4) is 0 Å². The smallest absolute Gasteiger partial charge is 0.340 e. The Hall–Kier alpha value is -1.56. The van der Waals surface area contributed by atoms with Crippen LogP contribution in [0.15, 0.2) is 18.2 Å². The monoisotopic (exact) mass is 272 g/mol. The molecule has 1 rings (SSSR count). The molecule has 0 amide bonds. The highest BCUT2D eigenvalue weighted by Gasteiger charge is 2.12. The summed E-state index contributed by atoms with van der Waals surface area (Å²) in [5.74, 6) is -0.990. The maximum Gasteiger partial charge on any atom is 0.340 e. The van der Waals surface area contributed by atoms with E-state index in [1.54, 1.807) is 6.07 Å². The molecule has 0 fully saturated rings. The van der Waals surface area contributed by atoms with Crippen molar-refractivity contribution < 1.29 is 23.5 Å². The van der Waals surface area contributed by atoms with Crippen molar-refractivity contribution >= 4 is 23.7 Å². The molecule has 1 aromatic rings. The predicted octanol–water partition coefficient (Wildman–Crippen LogP) is 2.02. The Morgan fingerprint density at radius 2 is 2.00 bits per heavy atom. The summed E-state index contributed by atoms with van der Waals surface area (Å²) >= 11 is 1.31. The molecule has 0 saturated heterocycles. The summed E-state index contributed by atoms with van der Waals surface area (Å²) in [7, 11) is 2.51. The maximum absolute atomic E-state index is 13.5. The lowest BCUT2D eigenvalue weighted by Gasteiger charge is -2.04. The zero-order chi connectivity index (χ0) is 13.5. The van der Waals surface area contributed by atoms with Gasteiger partial charge < -0.3 is 9.47 Å². The van der Waals surface area contributed by atoms with Gasteiger partial charge in [-0.05, 0) is 17.7 Å². The summed E-state index contributed by atoms with van der Waals surface area (Å²) in [4.78, 5) is 22.0. The molecule has 0 atom stereocenters. The third kappa shape index (κ3) is 4.03. The summed E-state index contributed by atoms with van der Waals surface area (Å²) in [6.45, 7) is 0. The number of ether oxygens (including phenoxy) is 2. The summed E-state index contributed by atoms with van der Waals surface area (Å²) < 4.78 is 22.5. The van der Waals surface area contributed by atoms with Crippen molar-refractivity contribution in [3.63, 3.8) is 0 Å². The molecule has 18 heavy (non-hydrogen) atoms. The van der Waals surface area contributed by atoms with Crippen LogP contribution in [0.4, 0.5) is 4.39 Å². The van der Waals surface area contributed by atoms with Gasteiger partial charge in [0.1, 0.15) is 5.82 Å². The summed E-state index contributed by atoms with van der Waals surface area (Å²) in [5, 5.41) is 0. The first-order valence-corrected chi connectivity index (χ1v) is 6.25. The van der Waals surface area contributed by atoms with E-state index in [4.69, 9.17) is 0 Å². The van der Waals surface area contributed by atoms with E-state index in [1.165, 1.54) is 38.1 Å². The van der Waals surface area contributed by atoms with Gasteiger partial charge in [-0.3, -0.25) is 4.79 Å². The average molecular weight is 272 g/mol. The highest BCUT2D eigenvalue weighted by atomic mass is 32.2. The first-order valence-electron chi connectivity index (χ1n) is 5.09. The van der Waals surface area contributed by atoms with Gasteiger partial charge in [0, 0.05) is 5.75 Å². The number of esters is 2. The van der Waals surface area contributed by atoms with E-state index in [0.717, 1.165) is 0 Å². The zero-order valence-electron chi connectivity index (χ0n) is 10.1. The quantitative estimate of drug-likeness (QED) is 0.768. The number of halogens is 1. The molecule has 0 unspecified atom stereocenters. The Morgan fingerprint density at radius 1 is 1.28 bits per heavy atom. The number of hydrogen-bond donors (Lipinski definition) is 0. The van der Waals surface area contributed by atoms with Gasteiger partial charge in [0.05, 0.1) is 25.5 Å². The highest BCUT2D eigenvalue weighted by molar-refractivity contribution is 7.99. The van der Waals surface area contributed by atoms with Gasteiger partial charge in [0.2, 0.25) is 0 Å². The minimum atomic E-state index is -0.707. The lowest BCUT2D eigenvalue weighted by molar-refractivity contribution is -0.137. The fraction of sp³-hybridized carbons (Fsp3) is 0.333. The molecule has 0 aliphatic heterocycles. The topological polar surface area (TPSA) is 52.6 Å². The van der Waals surface area contributed by atoms with Crippen LogP contribution in [0, 0.1) is 5.82 Å². The van der Waals surface area contributed by atoms with Crippen LogP contribution in [0.1, 0.15) is 15.9 Å². The number of rotatable bonds is 5. The minimum Gasteiger partial charge on any atom is -0.468 e. The van der Waals surface area contributed by atoms with Crippen LogP contribution in [0.5, 0.6) is 0 Å². The van der Waals surface area contributed by atoms with E-state index in [9.17, 15) is 14.0 Å². The SMILES string of the molecule is COC(=O)CSCc1ccc(C(=O)OC)c(F)c1. The minimum absolute atomic E-state index is 0.0979. The van der Waals surface area contributed by atoms with Gasteiger partial charge in [-0.25, -0.2) is 9.18 Å². The van der Waals surface area contributed by atoms with Crippen molar-refractivity contribution in [2.75, 3.05) is 20.0 Å². The Balaban J connectivity index is 2.62. The Morgan fingerprint density at radius 3 is 2.56 bits per heavy atom. The molecule has 0 N–H and O–H groups in total. The number of carbonyl (C=O) groups is 2. The molecule has 0 aliphatic carbocycles. The fourth-order valence-electron chi connectivity index (χ4n) is 1.24. The van der Waals surface area contributed by atoms with E-state index in [2.05, 4.69) is 9.47 Å². The van der Waals surface area contributed by atoms with Crippen LogP contribution in [-0.4, -0.2) is 31.9 Å². The molecule has 0 spiro atoms. The van der Waals surface area contributed by atoms with Crippen LogP contribution in [0.3, 0.4) is 0 Å². The van der Waals surface area contributed by atoms with E-state index >= 15 is 0 Å². The predicted molar refractivity (Wildman–Crippen MR) is 65.9 cm³/mol. The molecular weight excluding hydrogens is 259 g/mol. The maximum atomic E-state index is 13.5. The third-order valence-electron chi connectivity index (χ3n) is 2.16. The molecule has 0 aromatic heterocycles. The van der Waals surface area contributed by atoms with Crippen LogP contribution in [0.2, 0.25) is 0 Å². The van der Waals surface area contributed by atoms with Crippen molar-refractivity contribution in [1.29, 1.82) is 0 Å². The molecule has 0 saturated carbocycles. The second kappa shape index (κ2) is 7.00. The van der Waals surface area contributed by atoms with Crippen LogP contribution in [0.25, 0.3) is 0 Å². The summed E-state index contributed by atoms with van der Waals surface area (Å²) in [6.07, 6.45) is 0. The molecule has 0 radical (unpaired) electrons. The summed E-state index contributed by atoms with van der Waals surface area (Å²) in [6, 6.07) is 4.26. The Kier molecular flexibility index (Phi) is 5.64. The number of thioether (sulfide) groups is 1. The lowest BCUT2D eigenvalue weighted by atomic mass is 10.1. The van der Waals surface area contributed by atoms with Crippen molar-refractivity contribution in [1.82, 2.24) is 0 Å². The van der Waals surface area contributed by atoms with Gasteiger partial charge in [0.25, 0.3) is 0 Å². The van der Waals surface area contributed by atoms with Gasteiger partial charge in [0.15, 0.2) is 0 Å². The molecule has 0 aliphatic rings. The second-order valence-corrected chi connectivity index (χ2v) is 4.36. The van der Waals surface area contributed by atoms with Crippen LogP contribution >= 0.6 is 11.8 Å². The highest BCUT2D eigenvalue weighted by Crippen LogP contribution is 2.16. The third-order valence-corrected chi connectivity index (χ3v) is 3.13. The first-order chi connectivity index (χ1) is 8.58. The standard InChI is InChI=1S/C12H13FO4S/c1-16-11(14)7-18-6-8-3-4-9(10(13)5-8)12(15)17-2/h3-5H,6-7H2,1-2H3. The van der Waals surface area contributed by atoms with Gasteiger partial charge >= 0.3 is 11.9 Å². The van der Waals surface area contributed by atoms with Gasteiger partial charge in [-0.1, -0.05) is 6.07 Å². The fourth-order valence-corrected chi connectivity index (χ4v) is 2.04. The number of benzene rings is 1. The second-order valence-electron chi connectivity index (χ2n) is 3.37. The zero-order valence-corrected chi connectivity index (χ0v) is 10.9. The first kappa shape index (κ1) is 14.5. The molecule has 4 nitrogen and oxygen atoms in total. The van der Waals surface area contributed by atoms with Gasteiger partial charge in [-0.15, -0.1) is 11.8 Å². The molecule has 0 heterocycles. The normalized spacial score (nSPS) is 9.94. The van der Waals surface area contributed by atoms with Crippen LogP contribution < -0.4 is 0 Å². The van der Waals surface area contributed by atoms with Crippen LogP contribution in [-0.2, 0) is 20.0 Å².